The van der Waals surface area contributed by atoms with Crippen LogP contribution in [0.15, 0.2) is 51.4 Å². The zero-order chi connectivity index (χ0) is 22.8. The molecule has 0 aliphatic heterocycles. The lowest BCUT2D eigenvalue weighted by Crippen LogP contribution is -2.01. The smallest absolute Gasteiger partial charge is 0.268 e. The Labute approximate surface area is 205 Å². The monoisotopic (exact) mass is 532 g/mol. The van der Waals surface area contributed by atoms with Crippen molar-refractivity contribution < 1.29 is 4.42 Å². The number of aromatic nitrogens is 4. The Balaban J connectivity index is 1.95. The van der Waals surface area contributed by atoms with Crippen molar-refractivity contribution in [1.82, 2.24) is 20.0 Å². The number of benzene rings is 2. The van der Waals surface area contributed by atoms with Gasteiger partial charge in [-0.1, -0.05) is 72.0 Å². The third kappa shape index (κ3) is 4.36. The standard InChI is InChI=1S/C24H23BrCl2N4O/c1-4-14(5-2)23-28-29-24(32-23)21-18(6-3)22(15-7-9-16(25)10-8-15)31(30-21)20-12-11-17(26)13-19(20)27/h7-14H,4-6H2,1-3H3. The lowest BCUT2D eigenvalue weighted by atomic mass is 10.0. The molecule has 8 heteroatoms. The van der Waals surface area contributed by atoms with Gasteiger partial charge in [-0.15, -0.1) is 10.2 Å². The van der Waals surface area contributed by atoms with Gasteiger partial charge >= 0.3 is 0 Å². The van der Waals surface area contributed by atoms with E-state index >= 15 is 0 Å². The maximum absolute atomic E-state index is 6.58. The fourth-order valence-electron chi connectivity index (χ4n) is 3.82. The molecule has 0 bridgehead atoms. The van der Waals surface area contributed by atoms with Crippen molar-refractivity contribution in [3.8, 4) is 28.5 Å². The third-order valence-electron chi connectivity index (χ3n) is 5.57. The molecule has 0 spiro atoms. The molecular weight excluding hydrogens is 511 g/mol. The molecule has 0 aliphatic carbocycles. The number of hydrogen-bond donors (Lipinski definition) is 0. The molecule has 0 atom stereocenters. The van der Waals surface area contributed by atoms with Gasteiger partial charge in [-0.3, -0.25) is 0 Å². The van der Waals surface area contributed by atoms with Gasteiger partial charge in [0.15, 0.2) is 5.69 Å². The van der Waals surface area contributed by atoms with Gasteiger partial charge in [0.25, 0.3) is 5.89 Å². The predicted octanol–water partition coefficient (Wildman–Crippen LogP) is 8.12. The summed E-state index contributed by atoms with van der Waals surface area (Å²) in [5.41, 5.74) is 4.35. The molecule has 5 nitrogen and oxygen atoms in total. The minimum absolute atomic E-state index is 0.236. The highest BCUT2D eigenvalue weighted by atomic mass is 79.9. The van der Waals surface area contributed by atoms with Crippen LogP contribution in [-0.4, -0.2) is 20.0 Å². The average molecular weight is 534 g/mol. The normalized spacial score (nSPS) is 11.5. The van der Waals surface area contributed by atoms with Crippen LogP contribution in [0, 0.1) is 0 Å². The van der Waals surface area contributed by atoms with E-state index in [1.807, 2.05) is 35.0 Å². The molecule has 166 valence electrons. The predicted molar refractivity (Wildman–Crippen MR) is 133 cm³/mol. The second kappa shape index (κ2) is 9.77. The Bertz CT molecular complexity index is 1230. The molecule has 4 rings (SSSR count). The van der Waals surface area contributed by atoms with Crippen LogP contribution in [0.5, 0.6) is 0 Å². The van der Waals surface area contributed by atoms with Gasteiger partial charge in [0.05, 0.1) is 16.4 Å². The molecule has 0 amide bonds. The molecule has 0 unspecified atom stereocenters. The van der Waals surface area contributed by atoms with E-state index in [-0.39, 0.29) is 5.92 Å². The Kier molecular flexibility index (Phi) is 7.03. The SMILES string of the molecule is CCc1c(-c2nnc(C(CC)CC)o2)nn(-c2ccc(Cl)cc2Cl)c1-c1ccc(Br)cc1. The van der Waals surface area contributed by atoms with Gasteiger partial charge in [0.1, 0.15) is 0 Å². The van der Waals surface area contributed by atoms with Crippen molar-refractivity contribution in [3.05, 3.63) is 68.4 Å². The molecule has 4 aromatic rings. The maximum Gasteiger partial charge on any atom is 0.268 e. The molecule has 0 saturated carbocycles. The van der Waals surface area contributed by atoms with Crippen molar-refractivity contribution in [3.63, 3.8) is 0 Å². The molecule has 0 saturated heterocycles. The summed E-state index contributed by atoms with van der Waals surface area (Å²) in [4.78, 5) is 0. The van der Waals surface area contributed by atoms with E-state index in [0.29, 0.717) is 27.5 Å². The van der Waals surface area contributed by atoms with Crippen LogP contribution in [-0.2, 0) is 6.42 Å². The summed E-state index contributed by atoms with van der Waals surface area (Å²) in [6.45, 7) is 6.34. The zero-order valence-corrected chi connectivity index (χ0v) is 21.2. The Hall–Kier alpha value is -2.15. The second-order valence-corrected chi connectivity index (χ2v) is 9.26. The summed E-state index contributed by atoms with van der Waals surface area (Å²) in [7, 11) is 0. The second-order valence-electron chi connectivity index (χ2n) is 7.50. The first-order valence-corrected chi connectivity index (χ1v) is 12.2. The van der Waals surface area contributed by atoms with Gasteiger partial charge in [-0.25, -0.2) is 4.68 Å². The first-order valence-electron chi connectivity index (χ1n) is 10.6. The van der Waals surface area contributed by atoms with E-state index in [1.165, 1.54) is 0 Å². The quantitative estimate of drug-likeness (QED) is 0.240. The van der Waals surface area contributed by atoms with E-state index in [4.69, 9.17) is 32.7 Å². The van der Waals surface area contributed by atoms with Crippen LogP contribution in [0.25, 0.3) is 28.5 Å². The first-order chi connectivity index (χ1) is 15.5. The molecule has 0 aliphatic rings. The van der Waals surface area contributed by atoms with Crippen molar-refractivity contribution in [2.45, 2.75) is 46.0 Å². The minimum atomic E-state index is 0.236. The van der Waals surface area contributed by atoms with Gasteiger partial charge in [-0.2, -0.15) is 5.10 Å². The van der Waals surface area contributed by atoms with Gasteiger partial charge in [-0.05, 0) is 49.6 Å². The third-order valence-corrected chi connectivity index (χ3v) is 6.64. The van der Waals surface area contributed by atoms with Crippen LogP contribution < -0.4 is 0 Å². The number of hydrogen-bond acceptors (Lipinski definition) is 4. The number of nitrogens with zero attached hydrogens (tertiary/aromatic N) is 4. The Morgan fingerprint density at radius 1 is 1.00 bits per heavy atom. The average Bonchev–Trinajstić information content (AvgIpc) is 3.40. The summed E-state index contributed by atoms with van der Waals surface area (Å²) >= 11 is 16.2. The van der Waals surface area contributed by atoms with Crippen LogP contribution in [0.1, 0.15) is 51.0 Å². The van der Waals surface area contributed by atoms with Gasteiger partial charge in [0.2, 0.25) is 5.89 Å². The largest absolute Gasteiger partial charge is 0.419 e. The molecule has 2 aromatic carbocycles. The topological polar surface area (TPSA) is 56.7 Å². The molecule has 32 heavy (non-hydrogen) atoms. The summed E-state index contributed by atoms with van der Waals surface area (Å²) in [6, 6.07) is 13.5. The zero-order valence-electron chi connectivity index (χ0n) is 18.1. The van der Waals surface area contributed by atoms with Crippen molar-refractivity contribution in [2.75, 3.05) is 0 Å². The van der Waals surface area contributed by atoms with Crippen molar-refractivity contribution >= 4 is 39.1 Å². The Morgan fingerprint density at radius 2 is 1.72 bits per heavy atom. The maximum atomic E-state index is 6.58. The molecular formula is C24H23BrCl2N4O. The lowest BCUT2D eigenvalue weighted by molar-refractivity contribution is 0.438. The fraction of sp³-hybridized carbons (Fsp3) is 0.292. The highest BCUT2D eigenvalue weighted by Crippen LogP contribution is 2.37. The summed E-state index contributed by atoms with van der Waals surface area (Å²) in [5.74, 6) is 1.31. The summed E-state index contributed by atoms with van der Waals surface area (Å²) in [6.07, 6.45) is 2.62. The molecule has 2 heterocycles. The van der Waals surface area contributed by atoms with Crippen molar-refractivity contribution in [1.29, 1.82) is 0 Å². The van der Waals surface area contributed by atoms with Crippen molar-refractivity contribution in [2.24, 2.45) is 0 Å². The van der Waals surface area contributed by atoms with Crippen LogP contribution in [0.3, 0.4) is 0 Å². The molecule has 0 N–H and O–H groups in total. The lowest BCUT2D eigenvalue weighted by Gasteiger charge is -2.11. The summed E-state index contributed by atoms with van der Waals surface area (Å²) < 4.78 is 8.95. The highest BCUT2D eigenvalue weighted by Gasteiger charge is 2.26. The minimum Gasteiger partial charge on any atom is -0.419 e. The van der Waals surface area contributed by atoms with E-state index < -0.39 is 0 Å². The number of rotatable bonds is 7. The van der Waals surface area contributed by atoms with Gasteiger partial charge < -0.3 is 4.42 Å². The first kappa shape index (κ1) is 23.0. The summed E-state index contributed by atoms with van der Waals surface area (Å²) in [5, 5.41) is 14.7. The van der Waals surface area contributed by atoms with Crippen LogP contribution >= 0.6 is 39.1 Å². The van der Waals surface area contributed by atoms with E-state index in [1.54, 1.807) is 12.1 Å². The van der Waals surface area contributed by atoms with E-state index in [9.17, 15) is 0 Å². The van der Waals surface area contributed by atoms with Crippen LogP contribution in [0.4, 0.5) is 0 Å². The molecule has 2 aromatic heterocycles. The molecule has 0 fully saturated rings. The van der Waals surface area contributed by atoms with E-state index in [0.717, 1.165) is 46.2 Å². The fourth-order valence-corrected chi connectivity index (χ4v) is 4.57. The number of halogens is 3. The Morgan fingerprint density at radius 3 is 2.34 bits per heavy atom. The van der Waals surface area contributed by atoms with Crippen LogP contribution in [0.2, 0.25) is 10.0 Å². The molecule has 0 radical (unpaired) electrons. The van der Waals surface area contributed by atoms with E-state index in [2.05, 4.69) is 46.9 Å². The highest BCUT2D eigenvalue weighted by molar-refractivity contribution is 9.10. The van der Waals surface area contributed by atoms with Gasteiger partial charge in [0, 0.05) is 26.5 Å².